The Kier molecular flexibility index (Phi) is 7.88. The van der Waals surface area contributed by atoms with Crippen LogP contribution >= 0.6 is 0 Å². The minimum Gasteiger partial charge on any atom is -0.492 e. The second-order valence-corrected chi connectivity index (χ2v) is 9.82. The van der Waals surface area contributed by atoms with Crippen molar-refractivity contribution in [3.05, 3.63) is 94.6 Å². The van der Waals surface area contributed by atoms with Gasteiger partial charge in [0.25, 0.3) is 5.91 Å². The minimum absolute atomic E-state index is 0.174. The van der Waals surface area contributed by atoms with Crippen LogP contribution in [0.3, 0.4) is 0 Å². The van der Waals surface area contributed by atoms with Crippen molar-refractivity contribution in [2.75, 3.05) is 23.7 Å². The SMILES string of the molecule is Cc1ccc(OCCNC(=O)c2ccc(CN(c3ccc(F)cc3F)S(C)(=O)=O)cc2)cc1C. The smallest absolute Gasteiger partial charge is 0.251 e. The van der Waals surface area contributed by atoms with Crippen LogP contribution < -0.4 is 14.4 Å². The molecule has 0 heterocycles. The van der Waals surface area contributed by atoms with Crippen molar-refractivity contribution in [2.24, 2.45) is 0 Å². The van der Waals surface area contributed by atoms with E-state index in [1.807, 2.05) is 32.0 Å². The van der Waals surface area contributed by atoms with Gasteiger partial charge in [0.2, 0.25) is 10.0 Å². The van der Waals surface area contributed by atoms with E-state index in [0.29, 0.717) is 30.3 Å². The number of nitrogens with one attached hydrogen (secondary N) is 1. The zero-order chi connectivity index (χ0) is 24.9. The Morgan fingerprint density at radius 2 is 1.68 bits per heavy atom. The highest BCUT2D eigenvalue weighted by Gasteiger charge is 2.21. The lowest BCUT2D eigenvalue weighted by atomic mass is 10.1. The molecule has 0 aliphatic rings. The fourth-order valence-electron chi connectivity index (χ4n) is 3.23. The van der Waals surface area contributed by atoms with Gasteiger partial charge in [0, 0.05) is 11.6 Å². The maximum Gasteiger partial charge on any atom is 0.251 e. The average Bonchev–Trinajstić information content (AvgIpc) is 2.77. The van der Waals surface area contributed by atoms with E-state index in [9.17, 15) is 22.0 Å². The Bertz CT molecular complexity index is 1280. The van der Waals surface area contributed by atoms with Crippen LogP contribution in [0.5, 0.6) is 5.75 Å². The standard InChI is InChI=1S/C25H26F2N2O4S/c1-17-4-10-22(14-18(17)2)33-13-12-28-25(30)20-7-5-19(6-8-20)16-29(34(3,31)32)24-11-9-21(26)15-23(24)27/h4-11,14-15H,12-13,16H2,1-3H3,(H,28,30). The molecule has 180 valence electrons. The molecule has 34 heavy (non-hydrogen) atoms. The number of rotatable bonds is 9. The van der Waals surface area contributed by atoms with Gasteiger partial charge in [-0.05, 0) is 66.9 Å². The maximum absolute atomic E-state index is 14.2. The van der Waals surface area contributed by atoms with E-state index in [0.717, 1.165) is 34.0 Å². The second kappa shape index (κ2) is 10.6. The molecule has 9 heteroatoms. The second-order valence-electron chi connectivity index (χ2n) is 7.91. The van der Waals surface area contributed by atoms with E-state index in [2.05, 4.69) is 5.32 Å². The molecule has 0 saturated heterocycles. The quantitative estimate of drug-likeness (QED) is 0.454. The summed E-state index contributed by atoms with van der Waals surface area (Å²) in [6, 6.07) is 14.8. The highest BCUT2D eigenvalue weighted by molar-refractivity contribution is 7.92. The van der Waals surface area contributed by atoms with Gasteiger partial charge < -0.3 is 10.1 Å². The average molecular weight is 489 g/mol. The summed E-state index contributed by atoms with van der Waals surface area (Å²) in [5.41, 5.74) is 2.96. The van der Waals surface area contributed by atoms with Gasteiger partial charge in [-0.3, -0.25) is 9.10 Å². The number of carbonyl (C=O) groups excluding carboxylic acids is 1. The molecule has 0 atom stereocenters. The zero-order valence-corrected chi connectivity index (χ0v) is 20.0. The van der Waals surface area contributed by atoms with Gasteiger partial charge in [0.1, 0.15) is 24.0 Å². The molecular weight excluding hydrogens is 462 g/mol. The van der Waals surface area contributed by atoms with Crippen LogP contribution in [0.1, 0.15) is 27.0 Å². The molecule has 1 N–H and O–H groups in total. The monoisotopic (exact) mass is 488 g/mol. The Morgan fingerprint density at radius 1 is 0.971 bits per heavy atom. The zero-order valence-electron chi connectivity index (χ0n) is 19.1. The summed E-state index contributed by atoms with van der Waals surface area (Å²) in [5.74, 6) is -1.36. The van der Waals surface area contributed by atoms with Gasteiger partial charge in [0.05, 0.1) is 25.0 Å². The fraction of sp³-hybridized carbons (Fsp3) is 0.240. The molecule has 0 aliphatic carbocycles. The van der Waals surface area contributed by atoms with E-state index in [-0.39, 0.29) is 18.1 Å². The molecule has 3 aromatic carbocycles. The predicted octanol–water partition coefficient (Wildman–Crippen LogP) is 4.36. The predicted molar refractivity (Wildman–Crippen MR) is 128 cm³/mol. The molecule has 0 unspecified atom stereocenters. The molecule has 0 fully saturated rings. The first-order valence-electron chi connectivity index (χ1n) is 10.5. The first-order valence-corrected chi connectivity index (χ1v) is 12.4. The summed E-state index contributed by atoms with van der Waals surface area (Å²) in [6.45, 7) is 4.45. The number of hydrogen-bond acceptors (Lipinski definition) is 4. The summed E-state index contributed by atoms with van der Waals surface area (Å²) in [4.78, 5) is 12.4. The molecule has 0 spiro atoms. The molecule has 0 aromatic heterocycles. The van der Waals surface area contributed by atoms with Crippen molar-refractivity contribution in [3.63, 3.8) is 0 Å². The number of aryl methyl sites for hydroxylation is 2. The largest absolute Gasteiger partial charge is 0.492 e. The van der Waals surface area contributed by atoms with Crippen molar-refractivity contribution >= 4 is 21.6 Å². The van der Waals surface area contributed by atoms with Crippen LogP contribution in [0.4, 0.5) is 14.5 Å². The number of hydrogen-bond donors (Lipinski definition) is 1. The third kappa shape index (κ3) is 6.54. The van der Waals surface area contributed by atoms with E-state index in [1.54, 1.807) is 24.3 Å². The first-order chi connectivity index (χ1) is 16.0. The van der Waals surface area contributed by atoms with E-state index in [4.69, 9.17) is 4.74 Å². The molecule has 6 nitrogen and oxygen atoms in total. The summed E-state index contributed by atoms with van der Waals surface area (Å²) in [7, 11) is -3.84. The van der Waals surface area contributed by atoms with Crippen LogP contribution in [0.15, 0.2) is 60.7 Å². The Balaban J connectivity index is 1.59. The van der Waals surface area contributed by atoms with Crippen LogP contribution in [0.25, 0.3) is 0 Å². The summed E-state index contributed by atoms with van der Waals surface area (Å²) in [5, 5.41) is 2.76. The molecule has 0 bridgehead atoms. The third-order valence-electron chi connectivity index (χ3n) is 5.26. The van der Waals surface area contributed by atoms with Crippen molar-refractivity contribution in [1.29, 1.82) is 0 Å². The Morgan fingerprint density at radius 3 is 2.29 bits per heavy atom. The van der Waals surface area contributed by atoms with Crippen LogP contribution in [0.2, 0.25) is 0 Å². The number of halogens is 2. The van der Waals surface area contributed by atoms with Crippen molar-refractivity contribution in [3.8, 4) is 5.75 Å². The molecule has 1 amide bonds. The van der Waals surface area contributed by atoms with E-state index < -0.39 is 21.7 Å². The highest BCUT2D eigenvalue weighted by Crippen LogP contribution is 2.25. The maximum atomic E-state index is 14.2. The lowest BCUT2D eigenvalue weighted by Crippen LogP contribution is -2.30. The van der Waals surface area contributed by atoms with Crippen molar-refractivity contribution in [2.45, 2.75) is 20.4 Å². The molecule has 0 aliphatic heterocycles. The molecular formula is C25H26F2N2O4S. The lowest BCUT2D eigenvalue weighted by Gasteiger charge is -2.23. The number of sulfonamides is 1. The van der Waals surface area contributed by atoms with Crippen molar-refractivity contribution < 1.29 is 26.7 Å². The molecule has 3 rings (SSSR count). The molecule has 0 radical (unpaired) electrons. The topological polar surface area (TPSA) is 75.7 Å². The first kappa shape index (κ1) is 25.2. The van der Waals surface area contributed by atoms with E-state index >= 15 is 0 Å². The molecule has 3 aromatic rings. The minimum atomic E-state index is -3.84. The van der Waals surface area contributed by atoms with Gasteiger partial charge in [-0.15, -0.1) is 0 Å². The number of carbonyl (C=O) groups is 1. The van der Waals surface area contributed by atoms with Crippen LogP contribution in [-0.4, -0.2) is 33.7 Å². The van der Waals surface area contributed by atoms with Crippen LogP contribution in [-0.2, 0) is 16.6 Å². The normalized spacial score (nSPS) is 11.2. The van der Waals surface area contributed by atoms with Gasteiger partial charge in [-0.2, -0.15) is 0 Å². The van der Waals surface area contributed by atoms with Gasteiger partial charge in [-0.1, -0.05) is 18.2 Å². The number of benzene rings is 3. The van der Waals surface area contributed by atoms with E-state index in [1.165, 1.54) is 5.56 Å². The number of ether oxygens (including phenoxy) is 1. The number of amides is 1. The number of anilines is 1. The third-order valence-corrected chi connectivity index (χ3v) is 6.38. The summed E-state index contributed by atoms with van der Waals surface area (Å²) >= 11 is 0. The van der Waals surface area contributed by atoms with Gasteiger partial charge in [0.15, 0.2) is 0 Å². The van der Waals surface area contributed by atoms with Gasteiger partial charge >= 0.3 is 0 Å². The molecule has 0 saturated carbocycles. The number of nitrogens with zero attached hydrogens (tertiary/aromatic N) is 1. The summed E-state index contributed by atoms with van der Waals surface area (Å²) in [6.07, 6.45) is 0.942. The highest BCUT2D eigenvalue weighted by atomic mass is 32.2. The van der Waals surface area contributed by atoms with Gasteiger partial charge in [-0.25, -0.2) is 17.2 Å². The lowest BCUT2D eigenvalue weighted by molar-refractivity contribution is 0.0947. The Hall–Kier alpha value is -3.46. The van der Waals surface area contributed by atoms with Crippen LogP contribution in [0, 0.1) is 25.5 Å². The summed E-state index contributed by atoms with van der Waals surface area (Å²) < 4.78 is 58.4. The van der Waals surface area contributed by atoms with Crippen molar-refractivity contribution in [1.82, 2.24) is 5.32 Å². The fourth-order valence-corrected chi connectivity index (χ4v) is 4.12. The Labute approximate surface area is 198 Å².